The molecule has 0 aliphatic carbocycles. The summed E-state index contributed by atoms with van der Waals surface area (Å²) in [6, 6.07) is 17.2. The molecule has 3 aromatic carbocycles. The molecule has 0 aliphatic heterocycles. The summed E-state index contributed by atoms with van der Waals surface area (Å²) in [7, 11) is 8.01. The van der Waals surface area contributed by atoms with Crippen LogP contribution in [0.25, 0.3) is 0 Å². The van der Waals surface area contributed by atoms with Crippen LogP contribution in [0, 0.1) is 0 Å². The van der Waals surface area contributed by atoms with Crippen molar-refractivity contribution in [1.82, 2.24) is 0 Å². The number of methoxy groups -OCH3 is 5. The first-order valence-electron chi connectivity index (χ1n) is 9.28. The molecule has 0 spiro atoms. The molecule has 0 saturated carbocycles. The van der Waals surface area contributed by atoms with Crippen LogP contribution in [0.15, 0.2) is 54.6 Å². The van der Waals surface area contributed by atoms with Crippen molar-refractivity contribution < 1.29 is 23.7 Å². The highest BCUT2D eigenvalue weighted by atomic mass is 16.5. The smallest absolute Gasteiger partial charge is 0.205 e. The molecule has 0 aliphatic rings. The molecule has 3 aromatic rings. The molecular formula is C23H26N2O5. The van der Waals surface area contributed by atoms with Gasteiger partial charge >= 0.3 is 0 Å². The zero-order valence-corrected chi connectivity index (χ0v) is 17.7. The average Bonchev–Trinajstić information content (AvgIpc) is 2.79. The summed E-state index contributed by atoms with van der Waals surface area (Å²) in [6.45, 7) is 0. The number of rotatable bonds is 9. The van der Waals surface area contributed by atoms with E-state index in [1.54, 1.807) is 35.5 Å². The topological polar surface area (TPSA) is 70.2 Å². The van der Waals surface area contributed by atoms with Crippen molar-refractivity contribution in [2.24, 2.45) is 0 Å². The molecule has 0 saturated heterocycles. The Bertz CT molecular complexity index is 985. The van der Waals surface area contributed by atoms with Crippen molar-refractivity contribution in [2.45, 2.75) is 0 Å². The number of para-hydroxylation sites is 2. The zero-order valence-electron chi connectivity index (χ0n) is 17.7. The van der Waals surface area contributed by atoms with Gasteiger partial charge < -0.3 is 34.3 Å². The zero-order chi connectivity index (χ0) is 21.5. The maximum absolute atomic E-state index is 5.58. The third kappa shape index (κ3) is 4.46. The molecule has 0 bridgehead atoms. The average molecular weight is 410 g/mol. The fourth-order valence-corrected chi connectivity index (χ4v) is 3.08. The number of benzene rings is 3. The molecule has 7 heteroatoms. The minimum Gasteiger partial charge on any atom is -0.497 e. The lowest BCUT2D eigenvalue weighted by molar-refractivity contribution is 0.325. The largest absolute Gasteiger partial charge is 0.497 e. The molecule has 30 heavy (non-hydrogen) atoms. The second kappa shape index (κ2) is 9.65. The van der Waals surface area contributed by atoms with Gasteiger partial charge in [0, 0.05) is 23.9 Å². The van der Waals surface area contributed by atoms with Gasteiger partial charge in [0.1, 0.15) is 11.5 Å². The third-order valence-electron chi connectivity index (χ3n) is 4.53. The Kier molecular flexibility index (Phi) is 6.75. The summed E-state index contributed by atoms with van der Waals surface area (Å²) in [4.78, 5) is 0. The number of hydrogen-bond donors (Lipinski definition) is 2. The first-order valence-corrected chi connectivity index (χ1v) is 9.28. The minimum atomic E-state index is 0.521. The van der Waals surface area contributed by atoms with E-state index in [0.717, 1.165) is 22.7 Å². The van der Waals surface area contributed by atoms with Gasteiger partial charge in [-0.2, -0.15) is 0 Å². The van der Waals surface area contributed by atoms with Crippen LogP contribution in [0.1, 0.15) is 0 Å². The second-order valence-corrected chi connectivity index (χ2v) is 6.28. The number of nitrogens with one attached hydrogen (secondary N) is 2. The Morgan fingerprint density at radius 3 is 1.67 bits per heavy atom. The fraction of sp³-hybridized carbons (Fsp3) is 0.217. The van der Waals surface area contributed by atoms with E-state index in [1.807, 2.05) is 54.6 Å². The highest BCUT2D eigenvalue weighted by Gasteiger charge is 2.17. The third-order valence-corrected chi connectivity index (χ3v) is 4.53. The van der Waals surface area contributed by atoms with Gasteiger partial charge in [-0.05, 0) is 24.3 Å². The maximum atomic E-state index is 5.58. The molecule has 0 unspecified atom stereocenters. The van der Waals surface area contributed by atoms with E-state index in [2.05, 4.69) is 10.6 Å². The second-order valence-electron chi connectivity index (χ2n) is 6.28. The summed E-state index contributed by atoms with van der Waals surface area (Å²) in [6.07, 6.45) is 0. The highest BCUT2D eigenvalue weighted by molar-refractivity contribution is 5.82. The number of anilines is 4. The van der Waals surface area contributed by atoms with Crippen molar-refractivity contribution in [1.29, 1.82) is 0 Å². The normalized spacial score (nSPS) is 10.2. The first kappa shape index (κ1) is 21.0. The molecule has 0 fully saturated rings. The Morgan fingerprint density at radius 1 is 0.533 bits per heavy atom. The van der Waals surface area contributed by atoms with E-state index in [4.69, 9.17) is 23.7 Å². The summed E-state index contributed by atoms with van der Waals surface area (Å²) in [5, 5.41) is 6.82. The Morgan fingerprint density at radius 2 is 1.13 bits per heavy atom. The lowest BCUT2D eigenvalue weighted by atomic mass is 10.2. The summed E-state index contributed by atoms with van der Waals surface area (Å²) in [5.41, 5.74) is 3.29. The van der Waals surface area contributed by atoms with Crippen LogP contribution in [0.5, 0.6) is 28.7 Å². The van der Waals surface area contributed by atoms with Gasteiger partial charge in [0.15, 0.2) is 11.5 Å². The van der Waals surface area contributed by atoms with Gasteiger partial charge in [-0.1, -0.05) is 12.1 Å². The molecule has 3 rings (SSSR count). The highest BCUT2D eigenvalue weighted by Crippen LogP contribution is 2.44. The Hall–Kier alpha value is -3.74. The SMILES string of the molecule is COc1cc(Nc2ccccc2Nc2ccc(OC)c(OC)c2OC)cc(OC)c1. The molecule has 158 valence electrons. The van der Waals surface area contributed by atoms with E-state index in [-0.39, 0.29) is 0 Å². The van der Waals surface area contributed by atoms with Crippen molar-refractivity contribution in [2.75, 3.05) is 46.2 Å². The minimum absolute atomic E-state index is 0.521. The van der Waals surface area contributed by atoms with Crippen molar-refractivity contribution >= 4 is 22.7 Å². The standard InChI is InChI=1S/C23H26N2O5/c1-26-16-12-15(13-17(14-16)27-2)24-18-8-6-7-9-19(18)25-20-10-11-21(28-3)23(30-5)22(20)29-4/h6-14,24-25H,1-5H3. The van der Waals surface area contributed by atoms with Gasteiger partial charge in [0.25, 0.3) is 0 Å². The van der Waals surface area contributed by atoms with Crippen LogP contribution < -0.4 is 34.3 Å². The lowest BCUT2D eigenvalue weighted by Gasteiger charge is -2.19. The molecular weight excluding hydrogens is 384 g/mol. The molecule has 0 atom stereocenters. The van der Waals surface area contributed by atoms with Crippen LogP contribution in [-0.4, -0.2) is 35.5 Å². The van der Waals surface area contributed by atoms with Gasteiger partial charge in [0.05, 0.1) is 52.6 Å². The van der Waals surface area contributed by atoms with Crippen LogP contribution in [0.4, 0.5) is 22.7 Å². The summed E-state index contributed by atoms with van der Waals surface area (Å²) in [5.74, 6) is 3.06. The Balaban J connectivity index is 1.96. The summed E-state index contributed by atoms with van der Waals surface area (Å²) < 4.78 is 27.1. The van der Waals surface area contributed by atoms with E-state index < -0.39 is 0 Å². The summed E-state index contributed by atoms with van der Waals surface area (Å²) >= 11 is 0. The molecule has 0 amide bonds. The number of hydrogen-bond acceptors (Lipinski definition) is 7. The van der Waals surface area contributed by atoms with E-state index in [0.29, 0.717) is 28.7 Å². The van der Waals surface area contributed by atoms with Crippen molar-refractivity contribution in [3.63, 3.8) is 0 Å². The van der Waals surface area contributed by atoms with E-state index in [9.17, 15) is 0 Å². The number of ether oxygens (including phenoxy) is 5. The van der Waals surface area contributed by atoms with Crippen molar-refractivity contribution in [3.8, 4) is 28.7 Å². The molecule has 7 nitrogen and oxygen atoms in total. The predicted octanol–water partition coefficient (Wildman–Crippen LogP) is 5.22. The lowest BCUT2D eigenvalue weighted by Crippen LogP contribution is -2.02. The van der Waals surface area contributed by atoms with Crippen LogP contribution in [0.3, 0.4) is 0 Å². The maximum Gasteiger partial charge on any atom is 0.205 e. The molecule has 0 heterocycles. The van der Waals surface area contributed by atoms with Gasteiger partial charge in [0.2, 0.25) is 5.75 Å². The van der Waals surface area contributed by atoms with Crippen LogP contribution in [-0.2, 0) is 0 Å². The Labute approximate surface area is 176 Å². The fourth-order valence-electron chi connectivity index (χ4n) is 3.08. The molecule has 0 radical (unpaired) electrons. The van der Waals surface area contributed by atoms with Crippen LogP contribution in [0.2, 0.25) is 0 Å². The monoisotopic (exact) mass is 410 g/mol. The van der Waals surface area contributed by atoms with E-state index >= 15 is 0 Å². The van der Waals surface area contributed by atoms with Crippen LogP contribution >= 0.6 is 0 Å². The van der Waals surface area contributed by atoms with Gasteiger partial charge in [-0.25, -0.2) is 0 Å². The first-order chi connectivity index (χ1) is 14.6. The van der Waals surface area contributed by atoms with Gasteiger partial charge in [-0.15, -0.1) is 0 Å². The molecule has 2 N–H and O–H groups in total. The molecule has 0 aromatic heterocycles. The van der Waals surface area contributed by atoms with E-state index in [1.165, 1.54) is 0 Å². The quantitative estimate of drug-likeness (QED) is 0.501. The van der Waals surface area contributed by atoms with Gasteiger partial charge in [-0.3, -0.25) is 0 Å². The van der Waals surface area contributed by atoms with Crippen molar-refractivity contribution in [3.05, 3.63) is 54.6 Å². The predicted molar refractivity (Wildman–Crippen MR) is 119 cm³/mol.